The van der Waals surface area contributed by atoms with Crippen LogP contribution in [0.25, 0.3) is 0 Å². The third-order valence-corrected chi connectivity index (χ3v) is 2.57. The summed E-state index contributed by atoms with van der Waals surface area (Å²) in [5.41, 5.74) is -1.54. The van der Waals surface area contributed by atoms with E-state index in [2.05, 4.69) is 10.1 Å². The van der Waals surface area contributed by atoms with Crippen LogP contribution in [0, 0.1) is 6.92 Å². The zero-order valence-electron chi connectivity index (χ0n) is 10.6. The van der Waals surface area contributed by atoms with E-state index < -0.39 is 11.6 Å². The van der Waals surface area contributed by atoms with Gasteiger partial charge in [0.15, 0.2) is 5.60 Å². The smallest absolute Gasteiger partial charge is 0.338 e. The second kappa shape index (κ2) is 5.33. The molecule has 0 fully saturated rings. The van der Waals surface area contributed by atoms with Crippen molar-refractivity contribution in [1.82, 2.24) is 5.32 Å². The van der Waals surface area contributed by atoms with Gasteiger partial charge in [-0.15, -0.1) is 0 Å². The Kier molecular flexibility index (Phi) is 4.31. The molecule has 0 aliphatic carbocycles. The van der Waals surface area contributed by atoms with Crippen LogP contribution in [0.3, 0.4) is 0 Å². The molecule has 0 amide bonds. The van der Waals surface area contributed by atoms with E-state index in [4.69, 9.17) is 4.42 Å². The van der Waals surface area contributed by atoms with Gasteiger partial charge in [0.1, 0.15) is 11.5 Å². The highest BCUT2D eigenvalue weighted by molar-refractivity contribution is 5.78. The Morgan fingerprint density at radius 1 is 1.65 bits per heavy atom. The summed E-state index contributed by atoms with van der Waals surface area (Å²) < 4.78 is 9.94. The molecule has 2 unspecified atom stereocenters. The Bertz CT molecular complexity index is 384. The van der Waals surface area contributed by atoms with Crippen molar-refractivity contribution in [2.45, 2.75) is 32.4 Å². The molecule has 0 radical (unpaired) electrons. The highest BCUT2D eigenvalue weighted by Gasteiger charge is 2.31. The van der Waals surface area contributed by atoms with Crippen LogP contribution in [0.1, 0.15) is 31.4 Å². The maximum Gasteiger partial charge on any atom is 0.338 e. The first-order chi connectivity index (χ1) is 7.86. The molecule has 2 atom stereocenters. The standard InChI is InChI=1S/C12H19NO4/c1-8-5-6-10(17-8)9(2)13-7-12(3,15)11(14)16-4/h5-6,9,13,15H,7H2,1-4H3. The van der Waals surface area contributed by atoms with Crippen LogP contribution >= 0.6 is 0 Å². The maximum atomic E-state index is 11.3. The van der Waals surface area contributed by atoms with Crippen molar-refractivity contribution < 1.29 is 19.1 Å². The predicted molar refractivity (Wildman–Crippen MR) is 62.5 cm³/mol. The maximum absolute atomic E-state index is 11.3. The summed E-state index contributed by atoms with van der Waals surface area (Å²) in [6, 6.07) is 3.64. The number of rotatable bonds is 5. The van der Waals surface area contributed by atoms with Gasteiger partial charge >= 0.3 is 5.97 Å². The highest BCUT2D eigenvalue weighted by atomic mass is 16.5. The number of hydrogen-bond donors (Lipinski definition) is 2. The summed E-state index contributed by atoms with van der Waals surface area (Å²) in [5.74, 6) is 0.935. The number of ether oxygens (including phenoxy) is 1. The lowest BCUT2D eigenvalue weighted by molar-refractivity contribution is -0.160. The number of aliphatic hydroxyl groups is 1. The molecule has 0 bridgehead atoms. The number of carbonyl (C=O) groups excluding carboxylic acids is 1. The third kappa shape index (κ3) is 3.57. The van der Waals surface area contributed by atoms with Crippen molar-refractivity contribution in [1.29, 1.82) is 0 Å². The van der Waals surface area contributed by atoms with Crippen molar-refractivity contribution in [3.05, 3.63) is 23.7 Å². The first kappa shape index (κ1) is 13.7. The molecule has 1 heterocycles. The van der Waals surface area contributed by atoms with Gasteiger partial charge in [-0.1, -0.05) is 0 Å². The number of nitrogens with one attached hydrogen (secondary N) is 1. The van der Waals surface area contributed by atoms with Gasteiger partial charge in [-0.05, 0) is 32.9 Å². The zero-order chi connectivity index (χ0) is 13.1. The predicted octanol–water partition coefficient (Wildman–Crippen LogP) is 1.16. The van der Waals surface area contributed by atoms with Gasteiger partial charge in [-0.25, -0.2) is 4.79 Å². The molecular formula is C12H19NO4. The van der Waals surface area contributed by atoms with Crippen molar-refractivity contribution in [3.8, 4) is 0 Å². The van der Waals surface area contributed by atoms with Crippen LogP contribution in [-0.2, 0) is 9.53 Å². The van der Waals surface area contributed by atoms with Crippen LogP contribution in [-0.4, -0.2) is 30.3 Å². The molecule has 0 aliphatic heterocycles. The number of furan rings is 1. The molecule has 0 aromatic carbocycles. The van der Waals surface area contributed by atoms with Crippen LogP contribution in [0.15, 0.2) is 16.5 Å². The molecule has 0 saturated heterocycles. The topological polar surface area (TPSA) is 71.7 Å². The van der Waals surface area contributed by atoms with Crippen molar-refractivity contribution >= 4 is 5.97 Å². The average Bonchev–Trinajstić information content (AvgIpc) is 2.71. The molecule has 5 nitrogen and oxygen atoms in total. The van der Waals surface area contributed by atoms with Gasteiger partial charge in [-0.2, -0.15) is 0 Å². The zero-order valence-corrected chi connectivity index (χ0v) is 10.6. The first-order valence-electron chi connectivity index (χ1n) is 5.47. The molecule has 96 valence electrons. The Morgan fingerprint density at radius 2 is 2.29 bits per heavy atom. The van der Waals surface area contributed by atoms with Gasteiger partial charge in [0, 0.05) is 6.54 Å². The highest BCUT2D eigenvalue weighted by Crippen LogP contribution is 2.16. The Hall–Kier alpha value is -1.33. The molecule has 1 rings (SSSR count). The van der Waals surface area contributed by atoms with Gasteiger partial charge < -0.3 is 19.6 Å². The monoisotopic (exact) mass is 241 g/mol. The van der Waals surface area contributed by atoms with E-state index >= 15 is 0 Å². The minimum Gasteiger partial charge on any atom is -0.467 e. The first-order valence-corrected chi connectivity index (χ1v) is 5.47. The lowest BCUT2D eigenvalue weighted by Crippen LogP contribution is -2.46. The van der Waals surface area contributed by atoms with Crippen molar-refractivity contribution in [3.63, 3.8) is 0 Å². The number of hydrogen-bond acceptors (Lipinski definition) is 5. The van der Waals surface area contributed by atoms with Crippen molar-refractivity contribution in [2.24, 2.45) is 0 Å². The van der Waals surface area contributed by atoms with E-state index in [1.54, 1.807) is 0 Å². The molecule has 0 spiro atoms. The van der Waals surface area contributed by atoms with Gasteiger partial charge in [0.2, 0.25) is 0 Å². The van der Waals surface area contributed by atoms with Gasteiger partial charge in [-0.3, -0.25) is 0 Å². The fourth-order valence-corrected chi connectivity index (χ4v) is 1.43. The largest absolute Gasteiger partial charge is 0.467 e. The average molecular weight is 241 g/mol. The molecule has 1 aromatic rings. The van der Waals surface area contributed by atoms with E-state index in [0.29, 0.717) is 0 Å². The SMILES string of the molecule is COC(=O)C(C)(O)CNC(C)c1ccc(C)o1. The minimum absolute atomic E-state index is 0.0835. The number of aryl methyl sites for hydroxylation is 1. The number of methoxy groups -OCH3 is 1. The molecule has 1 aromatic heterocycles. The molecule has 0 aliphatic rings. The summed E-state index contributed by atoms with van der Waals surface area (Å²) in [7, 11) is 1.25. The molecule has 2 N–H and O–H groups in total. The summed E-state index contributed by atoms with van der Waals surface area (Å²) >= 11 is 0. The molecule has 5 heteroatoms. The van der Waals surface area contributed by atoms with E-state index in [-0.39, 0.29) is 12.6 Å². The fourth-order valence-electron chi connectivity index (χ4n) is 1.43. The van der Waals surface area contributed by atoms with E-state index in [9.17, 15) is 9.90 Å². The molecular weight excluding hydrogens is 222 g/mol. The third-order valence-electron chi connectivity index (χ3n) is 2.57. The van der Waals surface area contributed by atoms with Crippen molar-refractivity contribution in [2.75, 3.05) is 13.7 Å². The summed E-state index contributed by atoms with van der Waals surface area (Å²) in [5, 5.41) is 12.8. The van der Waals surface area contributed by atoms with E-state index in [1.165, 1.54) is 14.0 Å². The minimum atomic E-state index is -1.54. The Morgan fingerprint density at radius 3 is 2.76 bits per heavy atom. The quantitative estimate of drug-likeness (QED) is 0.757. The summed E-state index contributed by atoms with van der Waals surface area (Å²) in [4.78, 5) is 11.3. The van der Waals surface area contributed by atoms with Gasteiger partial charge in [0.05, 0.1) is 13.2 Å². The molecule has 17 heavy (non-hydrogen) atoms. The lowest BCUT2D eigenvalue weighted by atomic mass is 10.1. The number of esters is 1. The number of carbonyl (C=O) groups is 1. The van der Waals surface area contributed by atoms with Crippen LogP contribution in [0.2, 0.25) is 0 Å². The fraction of sp³-hybridized carbons (Fsp3) is 0.583. The van der Waals surface area contributed by atoms with Crippen LogP contribution in [0.5, 0.6) is 0 Å². The normalized spacial score (nSPS) is 16.3. The Balaban J connectivity index is 2.53. The second-order valence-corrected chi connectivity index (χ2v) is 4.32. The van der Waals surface area contributed by atoms with Crippen LogP contribution < -0.4 is 5.32 Å². The van der Waals surface area contributed by atoms with Crippen LogP contribution in [0.4, 0.5) is 0 Å². The Labute approximate surface area is 101 Å². The summed E-state index contributed by atoms with van der Waals surface area (Å²) in [6.07, 6.45) is 0. The van der Waals surface area contributed by atoms with E-state index in [1.807, 2.05) is 26.0 Å². The summed E-state index contributed by atoms with van der Waals surface area (Å²) in [6.45, 7) is 5.26. The van der Waals surface area contributed by atoms with Gasteiger partial charge in [0.25, 0.3) is 0 Å². The lowest BCUT2D eigenvalue weighted by Gasteiger charge is -2.22. The second-order valence-electron chi connectivity index (χ2n) is 4.32. The molecule has 0 saturated carbocycles. The van der Waals surface area contributed by atoms with E-state index in [0.717, 1.165) is 11.5 Å².